The lowest BCUT2D eigenvalue weighted by molar-refractivity contribution is -0.109. The zero-order valence-electron chi connectivity index (χ0n) is 12.3. The van der Waals surface area contributed by atoms with E-state index < -0.39 is 0 Å². The van der Waals surface area contributed by atoms with Crippen LogP contribution in [0.3, 0.4) is 0 Å². The first kappa shape index (κ1) is 16.4. The molecule has 114 valence electrons. The van der Waals surface area contributed by atoms with E-state index in [0.29, 0.717) is 5.56 Å². The van der Waals surface area contributed by atoms with Crippen LogP contribution in [0.25, 0.3) is 0 Å². The van der Waals surface area contributed by atoms with Gasteiger partial charge >= 0.3 is 5.97 Å². The first-order valence-electron chi connectivity index (χ1n) is 7.02. The summed E-state index contributed by atoms with van der Waals surface area (Å²) in [5.41, 5.74) is 2.60. The molecule has 22 heavy (non-hydrogen) atoms. The summed E-state index contributed by atoms with van der Waals surface area (Å²) in [5, 5.41) is 0. The summed E-state index contributed by atoms with van der Waals surface area (Å²) in [6.07, 6.45) is 2.47. The minimum atomic E-state index is -0.359. The fourth-order valence-corrected chi connectivity index (χ4v) is 2.90. The standard InChI is InChI=1S/C18H17BrO3/c1-22-18(21)15-9-7-14(17(19)11-15)8-10-16(12-20)13-5-3-2-4-6-13/h2-7,9,11-12,16H,8,10H2,1H3. The largest absolute Gasteiger partial charge is 0.465 e. The lowest BCUT2D eigenvalue weighted by Gasteiger charge is -2.12. The molecule has 1 atom stereocenters. The predicted octanol–water partition coefficient (Wildman–Crippen LogP) is 4.15. The molecule has 4 heteroatoms. The van der Waals surface area contributed by atoms with Gasteiger partial charge in [0.15, 0.2) is 0 Å². The van der Waals surface area contributed by atoms with Crippen LogP contribution < -0.4 is 0 Å². The second-order valence-electron chi connectivity index (χ2n) is 4.99. The van der Waals surface area contributed by atoms with Gasteiger partial charge in [0.2, 0.25) is 0 Å². The Morgan fingerprint density at radius 2 is 1.95 bits per heavy atom. The van der Waals surface area contributed by atoms with Gasteiger partial charge in [0.05, 0.1) is 12.7 Å². The highest BCUT2D eigenvalue weighted by molar-refractivity contribution is 9.10. The molecule has 2 rings (SSSR count). The molecule has 0 saturated heterocycles. The van der Waals surface area contributed by atoms with Crippen LogP contribution in [0.2, 0.25) is 0 Å². The maximum atomic E-state index is 11.5. The lowest BCUT2D eigenvalue weighted by atomic mass is 9.93. The Morgan fingerprint density at radius 1 is 1.23 bits per heavy atom. The Balaban J connectivity index is 2.08. The molecule has 1 unspecified atom stereocenters. The van der Waals surface area contributed by atoms with Crippen molar-refractivity contribution in [3.05, 3.63) is 69.7 Å². The summed E-state index contributed by atoms with van der Waals surface area (Å²) >= 11 is 3.48. The van der Waals surface area contributed by atoms with Crippen molar-refractivity contribution in [3.8, 4) is 0 Å². The van der Waals surface area contributed by atoms with Gasteiger partial charge in [-0.05, 0) is 36.1 Å². The van der Waals surface area contributed by atoms with E-state index in [0.717, 1.165) is 34.7 Å². The minimum Gasteiger partial charge on any atom is -0.465 e. The molecule has 0 aliphatic carbocycles. The average Bonchev–Trinajstić information content (AvgIpc) is 2.56. The number of ether oxygens (including phenoxy) is 1. The van der Waals surface area contributed by atoms with Gasteiger partial charge in [-0.1, -0.05) is 52.3 Å². The molecule has 0 radical (unpaired) electrons. The van der Waals surface area contributed by atoms with Gasteiger partial charge in [-0.25, -0.2) is 4.79 Å². The molecular weight excluding hydrogens is 344 g/mol. The predicted molar refractivity (Wildman–Crippen MR) is 89.0 cm³/mol. The number of hydrogen-bond donors (Lipinski definition) is 0. The van der Waals surface area contributed by atoms with Gasteiger partial charge < -0.3 is 9.53 Å². The summed E-state index contributed by atoms with van der Waals surface area (Å²) in [6, 6.07) is 15.1. The van der Waals surface area contributed by atoms with Crippen LogP contribution in [0, 0.1) is 0 Å². The second-order valence-corrected chi connectivity index (χ2v) is 5.84. The van der Waals surface area contributed by atoms with Crippen molar-refractivity contribution in [2.75, 3.05) is 7.11 Å². The van der Waals surface area contributed by atoms with E-state index in [1.165, 1.54) is 7.11 Å². The Hall–Kier alpha value is -1.94. The molecule has 2 aromatic carbocycles. The smallest absolute Gasteiger partial charge is 0.337 e. The molecule has 0 N–H and O–H groups in total. The van der Waals surface area contributed by atoms with Crippen molar-refractivity contribution in [2.45, 2.75) is 18.8 Å². The average molecular weight is 361 g/mol. The van der Waals surface area contributed by atoms with Crippen LogP contribution >= 0.6 is 15.9 Å². The number of carbonyl (C=O) groups excluding carboxylic acids is 2. The zero-order valence-corrected chi connectivity index (χ0v) is 13.9. The Bertz CT molecular complexity index is 653. The fraction of sp³-hybridized carbons (Fsp3) is 0.222. The third-order valence-electron chi connectivity index (χ3n) is 3.59. The summed E-state index contributed by atoms with van der Waals surface area (Å²) in [5.74, 6) is -0.476. The van der Waals surface area contributed by atoms with E-state index in [2.05, 4.69) is 15.9 Å². The SMILES string of the molecule is COC(=O)c1ccc(CCC(C=O)c2ccccc2)c(Br)c1. The molecule has 2 aromatic rings. The Morgan fingerprint density at radius 3 is 2.55 bits per heavy atom. The number of esters is 1. The van der Waals surface area contributed by atoms with Crippen molar-refractivity contribution in [3.63, 3.8) is 0 Å². The number of aryl methyl sites for hydroxylation is 1. The minimum absolute atomic E-state index is 0.117. The first-order chi connectivity index (χ1) is 10.7. The number of rotatable bonds is 6. The number of aldehydes is 1. The first-order valence-corrected chi connectivity index (χ1v) is 7.82. The van der Waals surface area contributed by atoms with Crippen LogP contribution in [0.1, 0.15) is 33.8 Å². The second kappa shape index (κ2) is 7.90. The molecule has 0 heterocycles. The van der Waals surface area contributed by atoms with Gasteiger partial charge in [-0.3, -0.25) is 0 Å². The maximum Gasteiger partial charge on any atom is 0.337 e. The van der Waals surface area contributed by atoms with E-state index in [1.54, 1.807) is 12.1 Å². The molecule has 0 aromatic heterocycles. The van der Waals surface area contributed by atoms with Gasteiger partial charge in [-0.2, -0.15) is 0 Å². The number of carbonyl (C=O) groups is 2. The van der Waals surface area contributed by atoms with Crippen molar-refractivity contribution in [2.24, 2.45) is 0 Å². The zero-order chi connectivity index (χ0) is 15.9. The third kappa shape index (κ3) is 4.04. The van der Waals surface area contributed by atoms with Crippen molar-refractivity contribution < 1.29 is 14.3 Å². The molecule has 0 aliphatic heterocycles. The molecular formula is C18H17BrO3. The summed E-state index contributed by atoms with van der Waals surface area (Å²) in [6.45, 7) is 0. The van der Waals surface area contributed by atoms with Gasteiger partial charge in [-0.15, -0.1) is 0 Å². The number of benzene rings is 2. The molecule has 0 fully saturated rings. The summed E-state index contributed by atoms with van der Waals surface area (Å²) in [7, 11) is 1.36. The molecule has 0 spiro atoms. The number of hydrogen-bond acceptors (Lipinski definition) is 3. The van der Waals surface area contributed by atoms with E-state index in [9.17, 15) is 9.59 Å². The van der Waals surface area contributed by atoms with Gasteiger partial charge in [0, 0.05) is 10.4 Å². The van der Waals surface area contributed by atoms with E-state index in [1.807, 2.05) is 36.4 Å². The van der Waals surface area contributed by atoms with Crippen LogP contribution in [0.4, 0.5) is 0 Å². The molecule has 0 amide bonds. The summed E-state index contributed by atoms with van der Waals surface area (Å²) < 4.78 is 5.55. The van der Waals surface area contributed by atoms with Crippen LogP contribution in [0.15, 0.2) is 53.0 Å². The topological polar surface area (TPSA) is 43.4 Å². The van der Waals surface area contributed by atoms with E-state index in [4.69, 9.17) is 4.74 Å². The van der Waals surface area contributed by atoms with Crippen molar-refractivity contribution in [1.82, 2.24) is 0 Å². The van der Waals surface area contributed by atoms with Gasteiger partial charge in [0.1, 0.15) is 6.29 Å². The monoisotopic (exact) mass is 360 g/mol. The highest BCUT2D eigenvalue weighted by Gasteiger charge is 2.13. The third-order valence-corrected chi connectivity index (χ3v) is 4.33. The lowest BCUT2D eigenvalue weighted by Crippen LogP contribution is -2.04. The normalized spacial score (nSPS) is 11.7. The highest BCUT2D eigenvalue weighted by Crippen LogP contribution is 2.24. The van der Waals surface area contributed by atoms with E-state index >= 15 is 0 Å². The van der Waals surface area contributed by atoms with Crippen molar-refractivity contribution in [1.29, 1.82) is 0 Å². The highest BCUT2D eigenvalue weighted by atomic mass is 79.9. The summed E-state index contributed by atoms with van der Waals surface area (Å²) in [4.78, 5) is 22.8. The fourth-order valence-electron chi connectivity index (χ4n) is 2.32. The molecule has 0 bridgehead atoms. The Kier molecular flexibility index (Phi) is 5.90. The molecule has 3 nitrogen and oxygen atoms in total. The molecule has 0 saturated carbocycles. The van der Waals surface area contributed by atoms with Crippen molar-refractivity contribution >= 4 is 28.2 Å². The van der Waals surface area contributed by atoms with E-state index in [-0.39, 0.29) is 11.9 Å². The quantitative estimate of drug-likeness (QED) is 0.574. The maximum absolute atomic E-state index is 11.5. The number of methoxy groups -OCH3 is 1. The molecule has 0 aliphatic rings. The van der Waals surface area contributed by atoms with Gasteiger partial charge in [0.25, 0.3) is 0 Å². The van der Waals surface area contributed by atoms with Crippen LogP contribution in [-0.4, -0.2) is 19.4 Å². The number of halogens is 1. The van der Waals surface area contributed by atoms with Crippen LogP contribution in [0.5, 0.6) is 0 Å². The van der Waals surface area contributed by atoms with Crippen LogP contribution in [-0.2, 0) is 16.0 Å². The Labute approximate surface area is 138 Å².